The van der Waals surface area contributed by atoms with Gasteiger partial charge in [0, 0.05) is 38.4 Å². The summed E-state index contributed by atoms with van der Waals surface area (Å²) < 4.78 is 44.2. The number of amides is 1. The first-order valence-electron chi connectivity index (χ1n) is 8.45. The van der Waals surface area contributed by atoms with Gasteiger partial charge in [-0.1, -0.05) is 6.07 Å². The van der Waals surface area contributed by atoms with Gasteiger partial charge in [0.05, 0.1) is 11.7 Å². The standard InChI is InChI=1S/C17H22F3N3O2/c18-17(19,20)12-2-1-3-13(10-12)22-6-8-23(9-7-22)16(24)15-5-4-14(11-21)25-15/h1-3,10,14-15H,4-9,11,21H2/t14-,15+/m1/s1. The van der Waals surface area contributed by atoms with Gasteiger partial charge in [-0.25, -0.2) is 0 Å². The number of alkyl halides is 3. The van der Waals surface area contributed by atoms with Gasteiger partial charge in [-0.15, -0.1) is 0 Å². The molecular formula is C17H22F3N3O2. The smallest absolute Gasteiger partial charge is 0.368 e. The number of nitrogens with two attached hydrogens (primary N) is 1. The van der Waals surface area contributed by atoms with Crippen LogP contribution < -0.4 is 10.6 Å². The van der Waals surface area contributed by atoms with Gasteiger partial charge in [0.2, 0.25) is 0 Å². The lowest BCUT2D eigenvalue weighted by Crippen LogP contribution is -2.51. The molecule has 0 radical (unpaired) electrons. The summed E-state index contributed by atoms with van der Waals surface area (Å²) in [6.45, 7) is 2.36. The normalized spacial score (nSPS) is 24.6. The van der Waals surface area contributed by atoms with Crippen molar-refractivity contribution < 1.29 is 22.7 Å². The number of carbonyl (C=O) groups is 1. The minimum Gasteiger partial charge on any atom is -0.368 e. The highest BCUT2D eigenvalue weighted by atomic mass is 19.4. The molecule has 2 atom stereocenters. The van der Waals surface area contributed by atoms with Gasteiger partial charge in [0.25, 0.3) is 5.91 Å². The van der Waals surface area contributed by atoms with Crippen molar-refractivity contribution in [2.45, 2.75) is 31.2 Å². The number of halogens is 3. The SMILES string of the molecule is NC[C@H]1CC[C@@H](C(=O)N2CCN(c3cccc(C(F)(F)F)c3)CC2)O1. The van der Waals surface area contributed by atoms with E-state index < -0.39 is 17.8 Å². The van der Waals surface area contributed by atoms with E-state index in [4.69, 9.17) is 10.5 Å². The lowest BCUT2D eigenvalue weighted by Gasteiger charge is -2.37. The van der Waals surface area contributed by atoms with Crippen LogP contribution in [0.3, 0.4) is 0 Å². The summed E-state index contributed by atoms with van der Waals surface area (Å²) in [6.07, 6.45) is -3.38. The van der Waals surface area contributed by atoms with Crippen LogP contribution in [0.2, 0.25) is 0 Å². The van der Waals surface area contributed by atoms with Crippen molar-refractivity contribution in [3.63, 3.8) is 0 Å². The van der Waals surface area contributed by atoms with Crippen LogP contribution in [-0.4, -0.2) is 55.7 Å². The second-order valence-electron chi connectivity index (χ2n) is 6.42. The quantitative estimate of drug-likeness (QED) is 0.897. The van der Waals surface area contributed by atoms with E-state index in [2.05, 4.69) is 0 Å². The summed E-state index contributed by atoms with van der Waals surface area (Å²) in [5.74, 6) is -0.0420. The Kier molecular flexibility index (Phi) is 5.19. The van der Waals surface area contributed by atoms with Crippen LogP contribution >= 0.6 is 0 Å². The van der Waals surface area contributed by atoms with Gasteiger partial charge in [-0.2, -0.15) is 13.2 Å². The number of rotatable bonds is 3. The zero-order valence-corrected chi connectivity index (χ0v) is 13.8. The van der Waals surface area contributed by atoms with Crippen LogP contribution in [0, 0.1) is 0 Å². The second-order valence-corrected chi connectivity index (χ2v) is 6.42. The molecule has 0 spiro atoms. The molecule has 0 aliphatic carbocycles. The molecular weight excluding hydrogens is 335 g/mol. The van der Waals surface area contributed by atoms with Crippen LogP contribution in [0.1, 0.15) is 18.4 Å². The maximum absolute atomic E-state index is 12.8. The van der Waals surface area contributed by atoms with Crippen molar-refractivity contribution in [3.05, 3.63) is 29.8 Å². The van der Waals surface area contributed by atoms with Gasteiger partial charge in [-0.05, 0) is 31.0 Å². The minimum atomic E-state index is -4.35. The molecule has 8 heteroatoms. The molecule has 5 nitrogen and oxygen atoms in total. The number of hydrogen-bond donors (Lipinski definition) is 1. The molecule has 0 unspecified atom stereocenters. The minimum absolute atomic E-state index is 0.0420. The molecule has 2 fully saturated rings. The number of carbonyl (C=O) groups excluding carboxylic acids is 1. The molecule has 1 aromatic carbocycles. The van der Waals surface area contributed by atoms with Crippen LogP contribution in [-0.2, 0) is 15.7 Å². The zero-order chi connectivity index (χ0) is 18.0. The van der Waals surface area contributed by atoms with Crippen LogP contribution in [0.25, 0.3) is 0 Å². The molecule has 1 aromatic rings. The van der Waals surface area contributed by atoms with Crippen LogP contribution in [0.15, 0.2) is 24.3 Å². The molecule has 0 bridgehead atoms. The van der Waals surface area contributed by atoms with E-state index >= 15 is 0 Å². The van der Waals surface area contributed by atoms with E-state index in [1.807, 2.05) is 4.90 Å². The monoisotopic (exact) mass is 357 g/mol. The Morgan fingerprint density at radius 3 is 2.52 bits per heavy atom. The predicted molar refractivity (Wildman–Crippen MR) is 87.2 cm³/mol. The molecule has 2 heterocycles. The number of anilines is 1. The average molecular weight is 357 g/mol. The maximum atomic E-state index is 12.8. The molecule has 2 aliphatic rings. The van der Waals surface area contributed by atoms with E-state index in [0.29, 0.717) is 44.8 Å². The Morgan fingerprint density at radius 2 is 1.92 bits per heavy atom. The lowest BCUT2D eigenvalue weighted by molar-refractivity contribution is -0.143. The van der Waals surface area contributed by atoms with E-state index in [-0.39, 0.29) is 12.0 Å². The van der Waals surface area contributed by atoms with E-state index in [1.54, 1.807) is 11.0 Å². The summed E-state index contributed by atoms with van der Waals surface area (Å²) in [7, 11) is 0. The highest BCUT2D eigenvalue weighted by molar-refractivity contribution is 5.81. The topological polar surface area (TPSA) is 58.8 Å². The summed E-state index contributed by atoms with van der Waals surface area (Å²) in [4.78, 5) is 16.1. The van der Waals surface area contributed by atoms with Crippen molar-refractivity contribution in [3.8, 4) is 0 Å². The van der Waals surface area contributed by atoms with Gasteiger partial charge >= 0.3 is 6.18 Å². The number of piperazine rings is 1. The second kappa shape index (κ2) is 7.21. The predicted octanol–water partition coefficient (Wildman–Crippen LogP) is 1.86. The third kappa shape index (κ3) is 4.07. The molecule has 2 aliphatic heterocycles. The van der Waals surface area contributed by atoms with Gasteiger partial charge in [0.15, 0.2) is 0 Å². The zero-order valence-electron chi connectivity index (χ0n) is 13.8. The largest absolute Gasteiger partial charge is 0.416 e. The first kappa shape index (κ1) is 18.0. The van der Waals surface area contributed by atoms with Gasteiger partial charge < -0.3 is 20.3 Å². The third-order valence-corrected chi connectivity index (χ3v) is 4.78. The Labute approximate surface area is 144 Å². The number of benzene rings is 1. The fourth-order valence-electron chi connectivity index (χ4n) is 3.33. The molecule has 1 amide bonds. The van der Waals surface area contributed by atoms with Crippen molar-refractivity contribution in [1.29, 1.82) is 0 Å². The Hall–Kier alpha value is -1.80. The Balaban J connectivity index is 1.58. The van der Waals surface area contributed by atoms with Gasteiger partial charge in [-0.3, -0.25) is 4.79 Å². The third-order valence-electron chi connectivity index (χ3n) is 4.78. The first-order valence-corrected chi connectivity index (χ1v) is 8.45. The highest BCUT2D eigenvalue weighted by Crippen LogP contribution is 2.32. The number of nitrogens with zero attached hydrogens (tertiary/aromatic N) is 2. The number of ether oxygens (including phenoxy) is 1. The van der Waals surface area contributed by atoms with Crippen LogP contribution in [0.4, 0.5) is 18.9 Å². The lowest BCUT2D eigenvalue weighted by atomic mass is 10.1. The summed E-state index contributed by atoms with van der Waals surface area (Å²) >= 11 is 0. The summed E-state index contributed by atoms with van der Waals surface area (Å²) in [5.41, 5.74) is 5.44. The van der Waals surface area contributed by atoms with Crippen molar-refractivity contribution >= 4 is 11.6 Å². The van der Waals surface area contributed by atoms with Crippen LogP contribution in [0.5, 0.6) is 0 Å². The van der Waals surface area contributed by atoms with E-state index in [9.17, 15) is 18.0 Å². The molecule has 0 aromatic heterocycles. The molecule has 0 saturated carbocycles. The Morgan fingerprint density at radius 1 is 1.20 bits per heavy atom. The summed E-state index contributed by atoms with van der Waals surface area (Å²) in [5, 5.41) is 0. The average Bonchev–Trinajstić information content (AvgIpc) is 3.10. The summed E-state index contributed by atoms with van der Waals surface area (Å²) in [6, 6.07) is 5.30. The van der Waals surface area contributed by atoms with Crippen molar-refractivity contribution in [2.75, 3.05) is 37.6 Å². The fraction of sp³-hybridized carbons (Fsp3) is 0.588. The number of hydrogen-bond acceptors (Lipinski definition) is 4. The highest BCUT2D eigenvalue weighted by Gasteiger charge is 2.35. The molecule has 138 valence electrons. The molecule has 25 heavy (non-hydrogen) atoms. The van der Waals surface area contributed by atoms with Crippen molar-refractivity contribution in [2.24, 2.45) is 5.73 Å². The first-order chi connectivity index (χ1) is 11.9. The Bertz CT molecular complexity index is 615. The van der Waals surface area contributed by atoms with E-state index in [0.717, 1.165) is 18.6 Å². The fourth-order valence-corrected chi connectivity index (χ4v) is 3.33. The van der Waals surface area contributed by atoms with Crippen molar-refractivity contribution in [1.82, 2.24) is 4.90 Å². The van der Waals surface area contributed by atoms with Gasteiger partial charge in [0.1, 0.15) is 6.10 Å². The maximum Gasteiger partial charge on any atom is 0.416 e. The molecule has 3 rings (SSSR count). The van der Waals surface area contributed by atoms with E-state index in [1.165, 1.54) is 6.07 Å². The molecule has 2 N–H and O–H groups in total. The molecule has 2 saturated heterocycles.